The number of hydrogen-bond donors (Lipinski definition) is 2. The largest absolute Gasteiger partial charge is 0.508 e. The number of rotatable bonds is 21. The lowest BCUT2D eigenvalue weighted by Gasteiger charge is -2.35. The number of nitrogens with one attached hydrogen (secondary N) is 1. The molecule has 4 amide bonds. The SMILES string of the molecule is COc1cc2c(cc1OCCCCCOc1cc3c(cc1C)C(=O)N1c4ccccc4C[C@H]1C=N3)NC(CC(C)(C)S(C)=S)[C@@H]1Cc3ccccc3N1C2=O.Cc1cc2c(cc1O)N(CC(C)(C)S(C)=S)C[C@@H]1Cc3ccccc3N1C2=O.Cc1cc2c(cc1OCCCCCI)N=C[C@@H]1Cc3ccccc3N1C2=O. The zero-order valence-corrected chi connectivity index (χ0v) is 69.7. The number of para-hydroxylation sites is 4. The third-order valence-electron chi connectivity index (χ3n) is 22.6. The maximum absolute atomic E-state index is 14.3. The average Bonchev–Trinajstić information content (AvgIpc) is 1.61. The number of hydrogen-bond acceptors (Lipinski definition) is 15. The second-order valence-electron chi connectivity index (χ2n) is 31.0. The first-order chi connectivity index (χ1) is 52.9. The number of fused-ring (bicyclic) bond motifs is 16. The first-order valence-electron chi connectivity index (χ1n) is 38.1. The summed E-state index contributed by atoms with van der Waals surface area (Å²) in [5.41, 5.74) is 16.7. The first kappa shape index (κ1) is 78.1. The van der Waals surface area contributed by atoms with Crippen LogP contribution in [0, 0.1) is 20.8 Å². The van der Waals surface area contributed by atoms with Crippen molar-refractivity contribution in [2.45, 2.75) is 159 Å². The van der Waals surface area contributed by atoms with Crippen LogP contribution in [0.2, 0.25) is 0 Å². The molecule has 22 heteroatoms. The molecule has 0 radical (unpaired) electrons. The smallest absolute Gasteiger partial charge is 0.261 e. The minimum Gasteiger partial charge on any atom is -0.508 e. The second-order valence-corrected chi connectivity index (χ2v) is 39.1. The summed E-state index contributed by atoms with van der Waals surface area (Å²) in [5, 5.41) is 14.2. The number of carbonyl (C=O) groups is 4. The average molecular weight is 1670 g/mol. The van der Waals surface area contributed by atoms with Crippen LogP contribution in [0.15, 0.2) is 156 Å². The van der Waals surface area contributed by atoms with Crippen molar-refractivity contribution in [2.75, 3.05) is 86.8 Å². The highest BCUT2D eigenvalue weighted by Gasteiger charge is 2.46. The van der Waals surface area contributed by atoms with Gasteiger partial charge in [0.25, 0.3) is 23.6 Å². The van der Waals surface area contributed by atoms with Gasteiger partial charge >= 0.3 is 0 Å². The fraction of sp³-hybridized carbons (Fsp3) is 0.386. The minimum atomic E-state index is -0.230. The normalized spacial score (nSPS) is 19.2. The van der Waals surface area contributed by atoms with E-state index in [0.717, 1.165) is 133 Å². The van der Waals surface area contributed by atoms with Gasteiger partial charge in [-0.2, -0.15) is 0 Å². The van der Waals surface area contributed by atoms with Crippen LogP contribution in [0.3, 0.4) is 0 Å². The van der Waals surface area contributed by atoms with E-state index in [2.05, 4.69) is 102 Å². The van der Waals surface area contributed by atoms with Crippen LogP contribution in [0.5, 0.6) is 28.7 Å². The molecule has 3 unspecified atom stereocenters. The molecule has 0 saturated carbocycles. The molecule has 0 saturated heterocycles. The predicted molar refractivity (Wildman–Crippen MR) is 464 cm³/mol. The quantitative estimate of drug-likeness (QED) is 0.0395. The monoisotopic (exact) mass is 1660 g/mol. The van der Waals surface area contributed by atoms with Crippen LogP contribution in [0.4, 0.5) is 45.5 Å². The second kappa shape index (κ2) is 33.0. The molecule has 8 aromatic rings. The number of aromatic hydroxyl groups is 1. The van der Waals surface area contributed by atoms with Crippen LogP contribution in [0.1, 0.15) is 153 Å². The van der Waals surface area contributed by atoms with Crippen molar-refractivity contribution in [3.8, 4) is 28.7 Å². The van der Waals surface area contributed by atoms with E-state index in [0.29, 0.717) is 64.9 Å². The van der Waals surface area contributed by atoms with E-state index >= 15 is 0 Å². The number of ether oxygens (including phenoxy) is 4. The molecule has 110 heavy (non-hydrogen) atoms. The summed E-state index contributed by atoms with van der Waals surface area (Å²) in [6, 6.07) is 47.5. The summed E-state index contributed by atoms with van der Waals surface area (Å²) in [5.74, 6) is 2.92. The lowest BCUT2D eigenvalue weighted by atomic mass is 9.94. The molecule has 8 aliphatic heterocycles. The van der Waals surface area contributed by atoms with Gasteiger partial charge in [0.1, 0.15) is 17.2 Å². The Bertz CT molecular complexity index is 5030. The molecule has 8 aromatic carbocycles. The van der Waals surface area contributed by atoms with E-state index in [4.69, 9.17) is 46.3 Å². The van der Waals surface area contributed by atoms with Crippen LogP contribution >= 0.6 is 22.6 Å². The number of benzene rings is 8. The number of halogens is 1. The third kappa shape index (κ3) is 15.9. The van der Waals surface area contributed by atoms with Crippen LogP contribution in [0.25, 0.3) is 0 Å². The van der Waals surface area contributed by atoms with Crippen molar-refractivity contribution in [1.29, 1.82) is 0 Å². The maximum atomic E-state index is 14.3. The standard InChI is InChI=1S/C44H48N4O5S2.C22H23IN2O2.C22H26N2O2S2/c1-27-19-31-33(45-26-30-20-28-13-7-9-15-36(28)47(30)42(31)49)23-39(27)52-17-11-6-12-18-53-41-24-34-32(22-40(41)51-4)43(50)48-37-16-10-8-14-29(37)21-38(48)35(46-34)25-44(2,3)55(5)54;1-15-11-18-19(13-21(15)27-10-6-2-5-9-23)24-14-17-12-16-7-3-4-8-20(16)25(17)22(18)26;1-14-9-17-19(11-20(14)25)23(13-22(2,3)28(4)27)12-16-10-15-7-5-6-8-18(15)24(16)21(17)26/h7-10,13-16,19,22-24,26,30,35,38,46H,6,11-12,17-18,20-21,25H2,1-5H3;3-4,7-8,11,13-14,17H,2,5-6,9-10,12H2,1H3;5-9,11,16,25H,10,12-13H2,1-4H3/t30-,35?,38-,55?;17-;16-,28?/m000/s1. The number of anilines is 6. The predicted octanol–water partition coefficient (Wildman–Crippen LogP) is 17.0. The minimum absolute atomic E-state index is 0.00262. The molecule has 2 N–H and O–H groups in total. The number of aryl methyl sites for hydroxylation is 3. The number of phenolic OH excluding ortho intramolecular Hbond substituents is 1. The van der Waals surface area contributed by atoms with Gasteiger partial charge < -0.3 is 44.1 Å². The number of phenols is 1. The summed E-state index contributed by atoms with van der Waals surface area (Å²) >= 11 is 13.8. The van der Waals surface area contributed by atoms with E-state index in [1.165, 1.54) is 39.5 Å². The fourth-order valence-electron chi connectivity index (χ4n) is 16.3. The molecule has 7 atom stereocenters. The van der Waals surface area contributed by atoms with Crippen molar-refractivity contribution < 1.29 is 43.2 Å². The number of carbonyl (C=O) groups excluding carboxylic acids is 4. The van der Waals surface area contributed by atoms with Crippen LogP contribution in [-0.2, 0) is 67.0 Å². The highest BCUT2D eigenvalue weighted by atomic mass is 127. The van der Waals surface area contributed by atoms with Gasteiger partial charge in [-0.3, -0.25) is 39.0 Å². The van der Waals surface area contributed by atoms with Crippen molar-refractivity contribution in [1.82, 2.24) is 0 Å². The Morgan fingerprint density at radius 3 is 1.48 bits per heavy atom. The lowest BCUT2D eigenvalue weighted by Crippen LogP contribution is -2.49. The van der Waals surface area contributed by atoms with Gasteiger partial charge in [0.05, 0.1) is 96.1 Å². The number of methoxy groups -OCH3 is 1. The Balaban J connectivity index is 0.000000153. The molecule has 8 aliphatic rings. The third-order valence-corrected chi connectivity index (χ3v) is 29.5. The van der Waals surface area contributed by atoms with Crippen LogP contribution in [-0.4, -0.2) is 138 Å². The van der Waals surface area contributed by atoms with Gasteiger partial charge in [0.15, 0.2) is 11.5 Å². The van der Waals surface area contributed by atoms with E-state index in [-0.39, 0.29) is 88.0 Å². The summed E-state index contributed by atoms with van der Waals surface area (Å²) in [7, 11) is 1.19. The highest BCUT2D eigenvalue weighted by molar-refractivity contribution is 14.1. The van der Waals surface area contributed by atoms with E-state index in [1.54, 1.807) is 13.2 Å². The Hall–Kier alpha value is -8.55. The molecule has 0 fully saturated rings. The van der Waals surface area contributed by atoms with Gasteiger partial charge in [0.2, 0.25) is 0 Å². The van der Waals surface area contributed by atoms with Crippen LogP contribution < -0.4 is 48.8 Å². The molecule has 16 rings (SSSR count). The zero-order valence-electron chi connectivity index (χ0n) is 64.3. The van der Waals surface area contributed by atoms with E-state index in [1.807, 2.05) is 168 Å². The van der Waals surface area contributed by atoms with Crippen molar-refractivity contribution in [3.63, 3.8) is 0 Å². The molecule has 0 aromatic heterocycles. The summed E-state index contributed by atoms with van der Waals surface area (Å²) < 4.78 is 25.3. The molecular formula is C88H97IN8O9S4. The number of alkyl halides is 1. The lowest BCUT2D eigenvalue weighted by molar-refractivity contribution is 0.0973. The summed E-state index contributed by atoms with van der Waals surface area (Å²) in [4.78, 5) is 74.2. The number of unbranched alkanes of at least 4 members (excludes halogenated alkanes) is 4. The van der Waals surface area contributed by atoms with Gasteiger partial charge in [-0.05, 0) is 197 Å². The Labute approximate surface area is 674 Å². The Morgan fingerprint density at radius 2 is 0.964 bits per heavy atom. The van der Waals surface area contributed by atoms with E-state index < -0.39 is 0 Å². The van der Waals surface area contributed by atoms with Gasteiger partial charge in [-0.1, -0.05) is 132 Å². The van der Waals surface area contributed by atoms with Gasteiger partial charge in [-0.25, -0.2) is 0 Å². The molecule has 8 heterocycles. The van der Waals surface area contributed by atoms with E-state index in [9.17, 15) is 24.3 Å². The highest BCUT2D eigenvalue weighted by Crippen LogP contribution is 2.47. The van der Waals surface area contributed by atoms with Gasteiger partial charge in [-0.15, -0.1) is 18.9 Å². The topological polar surface area (TPSA) is 178 Å². The molecule has 0 aliphatic carbocycles. The summed E-state index contributed by atoms with van der Waals surface area (Å²) in [6.45, 7) is 17.8. The fourth-order valence-corrected chi connectivity index (χ4v) is 17.9. The van der Waals surface area contributed by atoms with Gasteiger partial charge in [0, 0.05) is 101 Å². The molecule has 574 valence electrons. The summed E-state index contributed by atoms with van der Waals surface area (Å²) in [6.07, 6.45) is 18.1. The number of aliphatic imine (C=N–C) groups is 2. The number of amides is 4. The number of nitrogens with zero attached hydrogens (tertiary/aromatic N) is 7. The maximum Gasteiger partial charge on any atom is 0.261 e. The Kier molecular flexibility index (Phi) is 23.5. The molecule has 0 spiro atoms. The van der Waals surface area contributed by atoms with Crippen molar-refractivity contribution in [3.05, 3.63) is 207 Å². The Morgan fingerprint density at radius 1 is 0.509 bits per heavy atom. The molecular weight excluding hydrogens is 1570 g/mol. The van der Waals surface area contributed by atoms with Crippen molar-refractivity contribution in [2.24, 2.45) is 9.98 Å². The zero-order chi connectivity index (χ0) is 77.4. The van der Waals surface area contributed by atoms with Crippen molar-refractivity contribution >= 4 is 145 Å². The molecule has 17 nitrogen and oxygen atoms in total. The molecule has 0 bridgehead atoms. The first-order valence-corrected chi connectivity index (χ1v) is 44.8.